The van der Waals surface area contributed by atoms with E-state index in [2.05, 4.69) is 10.3 Å². The van der Waals surface area contributed by atoms with Gasteiger partial charge in [-0.25, -0.2) is 4.98 Å². The van der Waals surface area contributed by atoms with Crippen molar-refractivity contribution in [3.8, 4) is 11.3 Å². The lowest BCUT2D eigenvalue weighted by atomic mass is 10.1. The number of aromatic nitrogens is 1. The molecule has 1 N–H and O–H groups in total. The van der Waals surface area contributed by atoms with Crippen molar-refractivity contribution >= 4 is 28.2 Å². The number of hydrogen-bond donors (Lipinski definition) is 1. The van der Waals surface area contributed by atoms with E-state index >= 15 is 0 Å². The molecule has 1 aromatic heterocycles. The molecule has 2 aromatic rings. The van der Waals surface area contributed by atoms with Gasteiger partial charge in [0.05, 0.1) is 10.6 Å². The summed E-state index contributed by atoms with van der Waals surface area (Å²) < 4.78 is 0. The van der Waals surface area contributed by atoms with Crippen molar-refractivity contribution in [3.63, 3.8) is 0 Å². The van der Waals surface area contributed by atoms with Crippen LogP contribution in [0.2, 0.25) is 0 Å². The lowest BCUT2D eigenvalue weighted by molar-refractivity contribution is -0.116. The topological polar surface area (TPSA) is 59.1 Å². The minimum atomic E-state index is -0.0755. The van der Waals surface area contributed by atoms with Crippen molar-refractivity contribution in [1.82, 2.24) is 4.98 Å². The van der Waals surface area contributed by atoms with E-state index in [0.717, 1.165) is 5.56 Å². The van der Waals surface area contributed by atoms with E-state index in [0.29, 0.717) is 22.1 Å². The van der Waals surface area contributed by atoms with Crippen LogP contribution in [0.25, 0.3) is 11.3 Å². The highest BCUT2D eigenvalue weighted by Crippen LogP contribution is 2.31. The number of benzene rings is 1. The second-order valence-corrected chi connectivity index (χ2v) is 6.26. The Morgan fingerprint density at radius 2 is 1.90 bits per heavy atom. The Morgan fingerprint density at radius 3 is 2.48 bits per heavy atom. The maximum atomic E-state index is 11.8. The third-order valence-electron chi connectivity index (χ3n) is 2.83. The fourth-order valence-electron chi connectivity index (χ4n) is 1.94. The van der Waals surface area contributed by atoms with Crippen LogP contribution in [0, 0.1) is 5.92 Å². The van der Waals surface area contributed by atoms with E-state index in [9.17, 15) is 9.59 Å². The quantitative estimate of drug-likeness (QED) is 0.849. The molecule has 0 saturated carbocycles. The Balaban J connectivity index is 2.30. The maximum absolute atomic E-state index is 11.8. The molecule has 1 aromatic carbocycles. The maximum Gasteiger partial charge on any atom is 0.226 e. The summed E-state index contributed by atoms with van der Waals surface area (Å²) in [6.07, 6.45) is 0.440. The average molecular weight is 302 g/mol. The van der Waals surface area contributed by atoms with Crippen molar-refractivity contribution in [3.05, 3.63) is 35.2 Å². The largest absolute Gasteiger partial charge is 0.302 e. The lowest BCUT2D eigenvalue weighted by Gasteiger charge is -2.03. The first-order valence-corrected chi connectivity index (χ1v) is 7.66. The second-order valence-electron chi connectivity index (χ2n) is 5.27. The highest BCUT2D eigenvalue weighted by Gasteiger charge is 2.17. The Kier molecular flexibility index (Phi) is 4.85. The zero-order valence-electron chi connectivity index (χ0n) is 12.3. The molecule has 0 saturated heterocycles. The van der Waals surface area contributed by atoms with Gasteiger partial charge in [-0.1, -0.05) is 55.5 Å². The normalized spacial score (nSPS) is 10.7. The predicted molar refractivity (Wildman–Crippen MR) is 85.6 cm³/mol. The number of anilines is 1. The molecule has 0 aliphatic heterocycles. The minimum Gasteiger partial charge on any atom is -0.302 e. The molecule has 110 valence electrons. The molecule has 0 spiro atoms. The van der Waals surface area contributed by atoms with E-state index in [-0.39, 0.29) is 17.6 Å². The van der Waals surface area contributed by atoms with Crippen LogP contribution < -0.4 is 5.32 Å². The van der Waals surface area contributed by atoms with Gasteiger partial charge in [-0.3, -0.25) is 9.59 Å². The van der Waals surface area contributed by atoms with E-state index in [1.54, 1.807) is 0 Å². The van der Waals surface area contributed by atoms with Gasteiger partial charge in [-0.05, 0) is 5.92 Å². The molecular weight excluding hydrogens is 284 g/mol. The van der Waals surface area contributed by atoms with Crippen LogP contribution in [0.5, 0.6) is 0 Å². The summed E-state index contributed by atoms with van der Waals surface area (Å²) in [5, 5.41) is 3.25. The molecule has 1 heterocycles. The third kappa shape index (κ3) is 3.98. The van der Waals surface area contributed by atoms with Crippen molar-refractivity contribution < 1.29 is 9.59 Å². The van der Waals surface area contributed by atoms with Crippen LogP contribution in [0.15, 0.2) is 30.3 Å². The van der Waals surface area contributed by atoms with Gasteiger partial charge in [0.15, 0.2) is 10.9 Å². The number of nitrogens with zero attached hydrogens (tertiary/aromatic N) is 1. The lowest BCUT2D eigenvalue weighted by Crippen LogP contribution is -2.13. The molecule has 4 nitrogen and oxygen atoms in total. The van der Waals surface area contributed by atoms with Crippen LogP contribution >= 0.6 is 11.3 Å². The molecule has 0 bridgehead atoms. The standard InChI is InChI=1S/C16H18N2O2S/c1-10(2)9-13(20)17-16-18-14(15(21-16)11(3)19)12-7-5-4-6-8-12/h4-8,10H,9H2,1-3H3,(H,17,18,20). The number of carbonyl (C=O) groups excluding carboxylic acids is 2. The Labute approximate surface area is 128 Å². The summed E-state index contributed by atoms with van der Waals surface area (Å²) in [6, 6.07) is 9.52. The van der Waals surface area contributed by atoms with Crippen molar-refractivity contribution in [2.24, 2.45) is 5.92 Å². The molecule has 2 rings (SSSR count). The molecule has 5 heteroatoms. The molecule has 21 heavy (non-hydrogen) atoms. The Morgan fingerprint density at radius 1 is 1.24 bits per heavy atom. The number of amides is 1. The first kappa shape index (κ1) is 15.4. The van der Waals surface area contributed by atoms with Crippen molar-refractivity contribution in [2.45, 2.75) is 27.2 Å². The molecule has 0 aliphatic rings. The zero-order chi connectivity index (χ0) is 15.4. The number of Topliss-reactive ketones (excluding diaryl/α,β-unsaturated/α-hetero) is 1. The summed E-state index contributed by atoms with van der Waals surface area (Å²) in [6.45, 7) is 5.48. The summed E-state index contributed by atoms with van der Waals surface area (Å²) in [5.74, 6) is 0.162. The van der Waals surface area contributed by atoms with E-state index < -0.39 is 0 Å². The Hall–Kier alpha value is -2.01. The second kappa shape index (κ2) is 6.63. The van der Waals surface area contributed by atoms with E-state index in [1.165, 1.54) is 18.3 Å². The zero-order valence-corrected chi connectivity index (χ0v) is 13.2. The van der Waals surface area contributed by atoms with Gasteiger partial charge in [0.25, 0.3) is 0 Å². The number of ketones is 1. The third-order valence-corrected chi connectivity index (χ3v) is 3.91. The van der Waals surface area contributed by atoms with Crippen LogP contribution in [0.1, 0.15) is 36.9 Å². The molecular formula is C16H18N2O2S. The SMILES string of the molecule is CC(=O)c1sc(NC(=O)CC(C)C)nc1-c1ccccc1. The molecule has 0 radical (unpaired) electrons. The number of hydrogen-bond acceptors (Lipinski definition) is 4. The number of carbonyl (C=O) groups is 2. The van der Waals surface area contributed by atoms with E-state index in [1.807, 2.05) is 44.2 Å². The monoisotopic (exact) mass is 302 g/mol. The molecule has 0 unspecified atom stereocenters. The number of rotatable bonds is 5. The number of nitrogens with one attached hydrogen (secondary N) is 1. The van der Waals surface area contributed by atoms with Gasteiger partial charge in [-0.15, -0.1) is 0 Å². The summed E-state index contributed by atoms with van der Waals surface area (Å²) in [4.78, 5) is 28.6. The smallest absolute Gasteiger partial charge is 0.226 e. The van der Waals surface area contributed by atoms with Crippen molar-refractivity contribution in [1.29, 1.82) is 0 Å². The van der Waals surface area contributed by atoms with Gasteiger partial charge in [0.2, 0.25) is 5.91 Å². The Bertz CT molecular complexity index is 648. The molecule has 0 atom stereocenters. The van der Waals surface area contributed by atoms with Crippen LogP contribution in [-0.4, -0.2) is 16.7 Å². The molecule has 0 aliphatic carbocycles. The highest BCUT2D eigenvalue weighted by atomic mass is 32.1. The summed E-state index contributed by atoms with van der Waals surface area (Å²) in [5.41, 5.74) is 1.51. The van der Waals surface area contributed by atoms with Crippen molar-refractivity contribution in [2.75, 3.05) is 5.32 Å². The fraction of sp³-hybridized carbons (Fsp3) is 0.312. The van der Waals surface area contributed by atoms with Crippen LogP contribution in [0.3, 0.4) is 0 Å². The van der Waals surface area contributed by atoms with Crippen LogP contribution in [0.4, 0.5) is 5.13 Å². The first-order chi connectivity index (χ1) is 9.97. The minimum absolute atomic E-state index is 0.0456. The van der Waals surface area contributed by atoms with Gasteiger partial charge < -0.3 is 5.32 Å². The predicted octanol–water partition coefficient (Wildman–Crippen LogP) is 4.00. The number of thiazole rings is 1. The fourth-order valence-corrected chi connectivity index (χ4v) is 2.84. The first-order valence-electron chi connectivity index (χ1n) is 6.84. The van der Waals surface area contributed by atoms with Crippen LogP contribution in [-0.2, 0) is 4.79 Å². The molecule has 1 amide bonds. The summed E-state index contributed by atoms with van der Waals surface area (Å²) in [7, 11) is 0. The van der Waals surface area contributed by atoms with Gasteiger partial charge in [0, 0.05) is 18.9 Å². The molecule has 0 fully saturated rings. The highest BCUT2D eigenvalue weighted by molar-refractivity contribution is 7.18. The van der Waals surface area contributed by atoms with Gasteiger partial charge in [-0.2, -0.15) is 0 Å². The summed E-state index contributed by atoms with van der Waals surface area (Å²) >= 11 is 1.23. The van der Waals surface area contributed by atoms with E-state index in [4.69, 9.17) is 0 Å². The van der Waals surface area contributed by atoms with Gasteiger partial charge >= 0.3 is 0 Å². The van der Waals surface area contributed by atoms with Gasteiger partial charge in [0.1, 0.15) is 0 Å². The average Bonchev–Trinajstić information content (AvgIpc) is 2.82.